The highest BCUT2D eigenvalue weighted by atomic mass is 16.7. The predicted octanol–water partition coefficient (Wildman–Crippen LogP) is 2.78. The Bertz CT molecular complexity index is 674. The molecule has 0 atom stereocenters. The Balaban J connectivity index is 2.11. The Morgan fingerprint density at radius 2 is 1.71 bits per heavy atom. The maximum Gasteiger partial charge on any atom is 0.497 e. The van der Waals surface area contributed by atoms with Crippen LogP contribution < -0.4 is 10.2 Å². The summed E-state index contributed by atoms with van der Waals surface area (Å²) in [6.45, 7) is 10.3. The number of fused-ring (bicyclic) bond motifs is 1. The first-order chi connectivity index (χ1) is 9.75. The van der Waals surface area contributed by atoms with Crippen LogP contribution in [0.2, 0.25) is 0 Å². The van der Waals surface area contributed by atoms with Gasteiger partial charge in [0.05, 0.1) is 18.3 Å². The molecule has 0 bridgehead atoms. The highest BCUT2D eigenvalue weighted by molar-refractivity contribution is 6.65. The fraction of sp³-hybridized carbons (Fsp3) is 0.500. The lowest BCUT2D eigenvalue weighted by Gasteiger charge is -2.32. The minimum Gasteiger partial charge on any atom is -0.497 e. The summed E-state index contributed by atoms with van der Waals surface area (Å²) < 4.78 is 17.7. The standard InChI is InChI=1S/C16H22BNO3/c1-10-14(17-20-15(2,3)16(4,5)21-17)12-9-11(19-6)7-8-13(12)18-10/h7-9,18H,1-6H3. The van der Waals surface area contributed by atoms with Crippen molar-refractivity contribution in [3.8, 4) is 5.75 Å². The van der Waals surface area contributed by atoms with Gasteiger partial charge in [0, 0.05) is 22.1 Å². The van der Waals surface area contributed by atoms with Crippen LogP contribution in [0.4, 0.5) is 0 Å². The molecule has 1 saturated heterocycles. The number of rotatable bonds is 2. The molecule has 0 spiro atoms. The molecule has 21 heavy (non-hydrogen) atoms. The van der Waals surface area contributed by atoms with E-state index >= 15 is 0 Å². The Morgan fingerprint density at radius 1 is 1.10 bits per heavy atom. The molecule has 1 aliphatic heterocycles. The van der Waals surface area contributed by atoms with Crippen molar-refractivity contribution in [2.24, 2.45) is 0 Å². The van der Waals surface area contributed by atoms with Crippen molar-refractivity contribution >= 4 is 23.5 Å². The van der Waals surface area contributed by atoms with Gasteiger partial charge >= 0.3 is 7.12 Å². The first kappa shape index (κ1) is 14.5. The number of H-pyrrole nitrogens is 1. The molecule has 0 aliphatic carbocycles. The molecule has 1 aromatic heterocycles. The maximum atomic E-state index is 6.19. The zero-order valence-corrected chi connectivity index (χ0v) is 13.5. The lowest BCUT2D eigenvalue weighted by Crippen LogP contribution is -2.41. The van der Waals surface area contributed by atoms with E-state index < -0.39 is 0 Å². The molecule has 0 saturated carbocycles. The first-order valence-electron chi connectivity index (χ1n) is 7.27. The topological polar surface area (TPSA) is 43.5 Å². The van der Waals surface area contributed by atoms with Crippen molar-refractivity contribution in [2.45, 2.75) is 45.8 Å². The fourth-order valence-electron chi connectivity index (χ4n) is 2.72. The van der Waals surface area contributed by atoms with E-state index in [1.165, 1.54) is 0 Å². The molecule has 2 aromatic rings. The summed E-state index contributed by atoms with van der Waals surface area (Å²) in [5.41, 5.74) is 2.51. The smallest absolute Gasteiger partial charge is 0.497 e. The number of nitrogens with one attached hydrogen (secondary N) is 1. The zero-order valence-electron chi connectivity index (χ0n) is 13.5. The quantitative estimate of drug-likeness (QED) is 0.864. The van der Waals surface area contributed by atoms with Gasteiger partial charge in [-0.1, -0.05) is 0 Å². The van der Waals surface area contributed by atoms with Crippen molar-refractivity contribution < 1.29 is 14.0 Å². The van der Waals surface area contributed by atoms with E-state index in [2.05, 4.69) is 32.7 Å². The van der Waals surface area contributed by atoms with E-state index in [1.54, 1.807) is 7.11 Å². The number of ether oxygens (including phenoxy) is 1. The van der Waals surface area contributed by atoms with Gasteiger partial charge in [0.15, 0.2) is 0 Å². The van der Waals surface area contributed by atoms with Crippen LogP contribution in [0.3, 0.4) is 0 Å². The molecule has 3 rings (SSSR count). The summed E-state index contributed by atoms with van der Waals surface area (Å²) in [5.74, 6) is 0.833. The number of hydrogen-bond donors (Lipinski definition) is 1. The number of hydrogen-bond acceptors (Lipinski definition) is 3. The van der Waals surface area contributed by atoms with Gasteiger partial charge < -0.3 is 19.0 Å². The van der Waals surface area contributed by atoms with Crippen molar-refractivity contribution in [3.05, 3.63) is 23.9 Å². The van der Waals surface area contributed by atoms with Crippen molar-refractivity contribution in [1.82, 2.24) is 4.98 Å². The minimum atomic E-state index is -0.365. The second kappa shape index (κ2) is 4.52. The average Bonchev–Trinajstić information content (AvgIpc) is 2.81. The van der Waals surface area contributed by atoms with Crippen LogP contribution >= 0.6 is 0 Å². The third kappa shape index (κ3) is 2.15. The summed E-state index contributed by atoms with van der Waals surface area (Å²) in [5, 5.41) is 1.09. The number of benzene rings is 1. The largest absolute Gasteiger partial charge is 0.497 e. The second-order valence-corrected chi connectivity index (χ2v) is 6.66. The van der Waals surface area contributed by atoms with Gasteiger partial charge in [0.1, 0.15) is 5.75 Å². The Morgan fingerprint density at radius 3 is 2.29 bits per heavy atom. The van der Waals surface area contributed by atoms with E-state index in [9.17, 15) is 0 Å². The summed E-state index contributed by atoms with van der Waals surface area (Å²) in [7, 11) is 1.31. The van der Waals surface area contributed by atoms with Crippen LogP contribution in [0.5, 0.6) is 5.75 Å². The Labute approximate surface area is 125 Å². The summed E-state index contributed by atoms with van der Waals surface area (Å²) in [6, 6.07) is 6.00. The molecule has 1 fully saturated rings. The number of methoxy groups -OCH3 is 1. The van der Waals surface area contributed by atoms with Gasteiger partial charge in [-0.25, -0.2) is 0 Å². The molecule has 0 unspecified atom stereocenters. The minimum absolute atomic E-state index is 0.341. The third-order valence-corrected chi connectivity index (χ3v) is 4.73. The van der Waals surface area contributed by atoms with Crippen LogP contribution in [0.1, 0.15) is 33.4 Å². The molecule has 0 amide bonds. The summed E-state index contributed by atoms with van der Waals surface area (Å²) in [4.78, 5) is 3.39. The summed E-state index contributed by atoms with van der Waals surface area (Å²) >= 11 is 0. The monoisotopic (exact) mass is 287 g/mol. The molecule has 1 aliphatic rings. The van der Waals surface area contributed by atoms with Crippen LogP contribution in [0, 0.1) is 6.92 Å². The van der Waals surface area contributed by atoms with Gasteiger partial charge in [-0.2, -0.15) is 0 Å². The molecule has 2 heterocycles. The third-order valence-electron chi connectivity index (χ3n) is 4.73. The highest BCUT2D eigenvalue weighted by Crippen LogP contribution is 2.37. The predicted molar refractivity (Wildman–Crippen MR) is 85.3 cm³/mol. The van der Waals surface area contributed by atoms with Gasteiger partial charge in [-0.15, -0.1) is 0 Å². The maximum absolute atomic E-state index is 6.19. The Hall–Kier alpha value is -1.46. The van der Waals surface area contributed by atoms with E-state index in [0.29, 0.717) is 0 Å². The number of aryl methyl sites for hydroxylation is 1. The fourth-order valence-corrected chi connectivity index (χ4v) is 2.72. The van der Waals surface area contributed by atoms with Crippen LogP contribution in [0.15, 0.2) is 18.2 Å². The molecular weight excluding hydrogens is 265 g/mol. The SMILES string of the molecule is COc1ccc2[nH]c(C)c(B3OC(C)(C)C(C)(C)O3)c2c1. The lowest BCUT2D eigenvalue weighted by atomic mass is 9.77. The van der Waals surface area contributed by atoms with E-state index in [1.807, 2.05) is 25.1 Å². The van der Waals surface area contributed by atoms with Gasteiger partial charge in [0.2, 0.25) is 0 Å². The van der Waals surface area contributed by atoms with Crippen molar-refractivity contribution in [2.75, 3.05) is 7.11 Å². The van der Waals surface area contributed by atoms with Gasteiger partial charge in [0.25, 0.3) is 0 Å². The highest BCUT2D eigenvalue weighted by Gasteiger charge is 2.52. The normalized spacial score (nSPS) is 20.2. The van der Waals surface area contributed by atoms with Crippen molar-refractivity contribution in [3.63, 3.8) is 0 Å². The molecule has 1 N–H and O–H groups in total. The average molecular weight is 287 g/mol. The van der Waals surface area contributed by atoms with Crippen LogP contribution in [-0.4, -0.2) is 30.4 Å². The molecule has 112 valence electrons. The zero-order chi connectivity index (χ0) is 15.4. The molecule has 4 nitrogen and oxygen atoms in total. The van der Waals surface area contributed by atoms with E-state index in [-0.39, 0.29) is 18.3 Å². The molecule has 1 aromatic carbocycles. The number of aromatic nitrogens is 1. The van der Waals surface area contributed by atoms with Crippen LogP contribution in [0.25, 0.3) is 10.9 Å². The molecular formula is C16H22BNO3. The second-order valence-electron chi connectivity index (χ2n) is 6.66. The Kier molecular flexibility index (Phi) is 3.12. The molecule has 5 heteroatoms. The summed E-state index contributed by atoms with van der Waals surface area (Å²) in [6.07, 6.45) is 0. The lowest BCUT2D eigenvalue weighted by molar-refractivity contribution is 0.00578. The van der Waals surface area contributed by atoms with E-state index in [0.717, 1.165) is 27.8 Å². The molecule has 0 radical (unpaired) electrons. The number of aromatic amines is 1. The van der Waals surface area contributed by atoms with Gasteiger partial charge in [-0.3, -0.25) is 0 Å². The van der Waals surface area contributed by atoms with E-state index in [4.69, 9.17) is 14.0 Å². The van der Waals surface area contributed by atoms with Crippen molar-refractivity contribution in [1.29, 1.82) is 0 Å². The van der Waals surface area contributed by atoms with Gasteiger partial charge in [-0.05, 0) is 52.8 Å². The first-order valence-corrected chi connectivity index (χ1v) is 7.27. The van der Waals surface area contributed by atoms with Crippen LogP contribution in [-0.2, 0) is 9.31 Å².